The standard InChI is InChI=1S/C13H22N2O2/c1-4-16-12-5-7-13(8-6-12)17-10-11(14)9-15(2)3/h5-8,11H,4,9-10,14H2,1-3H3. The van der Waals surface area contributed by atoms with Crippen LogP contribution in [0.3, 0.4) is 0 Å². The number of nitrogens with zero attached hydrogens (tertiary/aromatic N) is 1. The van der Waals surface area contributed by atoms with Crippen LogP contribution in [0.25, 0.3) is 0 Å². The molecule has 0 aliphatic heterocycles. The van der Waals surface area contributed by atoms with Gasteiger partial charge in [0.15, 0.2) is 0 Å². The zero-order chi connectivity index (χ0) is 12.7. The first-order chi connectivity index (χ1) is 8.11. The second kappa shape index (κ2) is 7.14. The summed E-state index contributed by atoms with van der Waals surface area (Å²) >= 11 is 0. The summed E-state index contributed by atoms with van der Waals surface area (Å²) in [5.74, 6) is 1.68. The number of nitrogens with two attached hydrogens (primary N) is 1. The van der Waals surface area contributed by atoms with E-state index in [4.69, 9.17) is 15.2 Å². The maximum Gasteiger partial charge on any atom is 0.119 e. The van der Waals surface area contributed by atoms with Gasteiger partial charge >= 0.3 is 0 Å². The summed E-state index contributed by atoms with van der Waals surface area (Å²) in [7, 11) is 3.99. The lowest BCUT2D eigenvalue weighted by molar-refractivity contribution is 0.254. The van der Waals surface area contributed by atoms with Crippen molar-refractivity contribution in [2.75, 3.05) is 33.9 Å². The first kappa shape index (κ1) is 13.8. The van der Waals surface area contributed by atoms with Crippen LogP contribution in [-0.2, 0) is 0 Å². The molecule has 0 amide bonds. The van der Waals surface area contributed by atoms with Crippen LogP contribution >= 0.6 is 0 Å². The maximum atomic E-state index is 5.91. The third kappa shape index (κ3) is 5.56. The molecule has 0 radical (unpaired) electrons. The number of ether oxygens (including phenoxy) is 2. The van der Waals surface area contributed by atoms with Crippen LogP contribution in [0.1, 0.15) is 6.92 Å². The van der Waals surface area contributed by atoms with E-state index in [1.807, 2.05) is 50.2 Å². The zero-order valence-corrected chi connectivity index (χ0v) is 10.8. The molecular weight excluding hydrogens is 216 g/mol. The lowest BCUT2D eigenvalue weighted by atomic mass is 10.3. The fourth-order valence-electron chi connectivity index (χ4n) is 1.52. The van der Waals surface area contributed by atoms with Crippen LogP contribution in [0.5, 0.6) is 11.5 Å². The molecule has 2 N–H and O–H groups in total. The Hall–Kier alpha value is -1.26. The van der Waals surface area contributed by atoms with Crippen molar-refractivity contribution in [3.63, 3.8) is 0 Å². The average Bonchev–Trinajstić information content (AvgIpc) is 2.28. The van der Waals surface area contributed by atoms with E-state index in [0.29, 0.717) is 13.2 Å². The second-order valence-corrected chi connectivity index (χ2v) is 4.24. The highest BCUT2D eigenvalue weighted by Crippen LogP contribution is 2.17. The Morgan fingerprint density at radius 2 is 1.65 bits per heavy atom. The average molecular weight is 238 g/mol. The molecule has 1 rings (SSSR count). The van der Waals surface area contributed by atoms with E-state index in [2.05, 4.69) is 0 Å². The fraction of sp³-hybridized carbons (Fsp3) is 0.538. The number of rotatable bonds is 7. The summed E-state index contributed by atoms with van der Waals surface area (Å²) < 4.78 is 10.9. The molecule has 0 aliphatic carbocycles. The lowest BCUT2D eigenvalue weighted by Gasteiger charge is -2.17. The Morgan fingerprint density at radius 1 is 1.12 bits per heavy atom. The number of likely N-dealkylation sites (N-methyl/N-ethyl adjacent to an activating group) is 1. The lowest BCUT2D eigenvalue weighted by Crippen LogP contribution is -2.37. The highest BCUT2D eigenvalue weighted by molar-refractivity contribution is 5.31. The third-order valence-corrected chi connectivity index (χ3v) is 2.20. The maximum absolute atomic E-state index is 5.91. The molecule has 0 saturated heterocycles. The molecule has 1 atom stereocenters. The zero-order valence-electron chi connectivity index (χ0n) is 10.8. The van der Waals surface area contributed by atoms with E-state index in [9.17, 15) is 0 Å². The van der Waals surface area contributed by atoms with Gasteiger partial charge in [0.1, 0.15) is 18.1 Å². The predicted octanol–water partition coefficient (Wildman–Crippen LogP) is 1.35. The molecule has 0 bridgehead atoms. The van der Waals surface area contributed by atoms with Crippen molar-refractivity contribution < 1.29 is 9.47 Å². The minimum Gasteiger partial charge on any atom is -0.494 e. The van der Waals surface area contributed by atoms with Crippen LogP contribution in [0.4, 0.5) is 0 Å². The number of hydrogen-bond donors (Lipinski definition) is 1. The monoisotopic (exact) mass is 238 g/mol. The van der Waals surface area contributed by atoms with Crippen LogP contribution in [0.15, 0.2) is 24.3 Å². The fourth-order valence-corrected chi connectivity index (χ4v) is 1.52. The van der Waals surface area contributed by atoms with E-state index in [1.54, 1.807) is 0 Å². The summed E-state index contributed by atoms with van der Waals surface area (Å²) in [5.41, 5.74) is 5.91. The molecule has 4 nitrogen and oxygen atoms in total. The minimum atomic E-state index is 0.0246. The number of hydrogen-bond acceptors (Lipinski definition) is 4. The summed E-state index contributed by atoms with van der Waals surface area (Å²) in [5, 5.41) is 0. The molecule has 0 heterocycles. The van der Waals surface area contributed by atoms with Gasteiger partial charge in [-0.1, -0.05) is 0 Å². The van der Waals surface area contributed by atoms with E-state index in [0.717, 1.165) is 18.0 Å². The van der Waals surface area contributed by atoms with Crippen molar-refractivity contribution in [3.05, 3.63) is 24.3 Å². The van der Waals surface area contributed by atoms with Gasteiger partial charge in [-0.2, -0.15) is 0 Å². The Morgan fingerprint density at radius 3 is 2.12 bits per heavy atom. The van der Waals surface area contributed by atoms with Gasteiger partial charge < -0.3 is 20.1 Å². The van der Waals surface area contributed by atoms with E-state index in [-0.39, 0.29) is 6.04 Å². The van der Waals surface area contributed by atoms with Gasteiger partial charge in [-0.05, 0) is 45.3 Å². The highest BCUT2D eigenvalue weighted by atomic mass is 16.5. The van der Waals surface area contributed by atoms with Gasteiger partial charge in [-0.15, -0.1) is 0 Å². The highest BCUT2D eigenvalue weighted by Gasteiger charge is 2.05. The molecule has 1 aromatic rings. The molecule has 17 heavy (non-hydrogen) atoms. The van der Waals surface area contributed by atoms with E-state index in [1.165, 1.54) is 0 Å². The van der Waals surface area contributed by atoms with Crippen LogP contribution < -0.4 is 15.2 Å². The van der Waals surface area contributed by atoms with Gasteiger partial charge in [0.05, 0.1) is 12.6 Å². The molecular formula is C13H22N2O2. The van der Waals surface area contributed by atoms with Crippen molar-refractivity contribution in [2.45, 2.75) is 13.0 Å². The number of benzene rings is 1. The SMILES string of the molecule is CCOc1ccc(OCC(N)CN(C)C)cc1. The second-order valence-electron chi connectivity index (χ2n) is 4.24. The molecule has 1 aromatic carbocycles. The Bertz CT molecular complexity index is 312. The third-order valence-electron chi connectivity index (χ3n) is 2.20. The molecule has 0 aliphatic rings. The molecule has 0 saturated carbocycles. The van der Waals surface area contributed by atoms with E-state index >= 15 is 0 Å². The van der Waals surface area contributed by atoms with Crippen molar-refractivity contribution in [1.29, 1.82) is 0 Å². The van der Waals surface area contributed by atoms with Crippen LogP contribution in [0, 0.1) is 0 Å². The predicted molar refractivity (Wildman–Crippen MR) is 69.6 cm³/mol. The molecule has 0 fully saturated rings. The van der Waals surface area contributed by atoms with E-state index < -0.39 is 0 Å². The smallest absolute Gasteiger partial charge is 0.119 e. The quantitative estimate of drug-likeness (QED) is 0.779. The van der Waals surface area contributed by atoms with Crippen LogP contribution in [-0.4, -0.2) is 44.8 Å². The van der Waals surface area contributed by atoms with Crippen molar-refractivity contribution >= 4 is 0 Å². The molecule has 1 unspecified atom stereocenters. The summed E-state index contributed by atoms with van der Waals surface area (Å²) in [6.45, 7) is 3.97. The van der Waals surface area contributed by atoms with Gasteiger partial charge in [0, 0.05) is 6.54 Å². The first-order valence-electron chi connectivity index (χ1n) is 5.87. The van der Waals surface area contributed by atoms with Crippen molar-refractivity contribution in [2.24, 2.45) is 5.73 Å². The Kier molecular flexibility index (Phi) is 5.80. The molecule has 4 heteroatoms. The Labute approximate surface area is 103 Å². The normalized spacial score (nSPS) is 12.5. The first-order valence-corrected chi connectivity index (χ1v) is 5.87. The van der Waals surface area contributed by atoms with Crippen molar-refractivity contribution in [1.82, 2.24) is 4.90 Å². The van der Waals surface area contributed by atoms with Crippen molar-refractivity contribution in [3.8, 4) is 11.5 Å². The molecule has 0 spiro atoms. The largest absolute Gasteiger partial charge is 0.494 e. The van der Waals surface area contributed by atoms with Gasteiger partial charge in [-0.25, -0.2) is 0 Å². The van der Waals surface area contributed by atoms with Gasteiger partial charge in [0.25, 0.3) is 0 Å². The minimum absolute atomic E-state index is 0.0246. The van der Waals surface area contributed by atoms with Gasteiger partial charge in [-0.3, -0.25) is 0 Å². The molecule has 96 valence electrons. The van der Waals surface area contributed by atoms with Crippen LogP contribution in [0.2, 0.25) is 0 Å². The van der Waals surface area contributed by atoms with Gasteiger partial charge in [0.2, 0.25) is 0 Å². The Balaban J connectivity index is 2.36. The topological polar surface area (TPSA) is 47.7 Å². The summed E-state index contributed by atoms with van der Waals surface area (Å²) in [6.07, 6.45) is 0. The molecule has 0 aromatic heterocycles. The summed E-state index contributed by atoms with van der Waals surface area (Å²) in [6, 6.07) is 7.62. The summed E-state index contributed by atoms with van der Waals surface area (Å²) in [4.78, 5) is 2.05.